The molecule has 3 aromatic rings. The van der Waals surface area contributed by atoms with Crippen molar-refractivity contribution in [3.63, 3.8) is 0 Å². The predicted molar refractivity (Wildman–Crippen MR) is 118 cm³/mol. The molecule has 1 aromatic carbocycles. The number of carboxylic acids is 1. The van der Waals surface area contributed by atoms with E-state index in [1.165, 1.54) is 6.42 Å². The van der Waals surface area contributed by atoms with Gasteiger partial charge >= 0.3 is 11.7 Å². The zero-order valence-corrected chi connectivity index (χ0v) is 17.3. The summed E-state index contributed by atoms with van der Waals surface area (Å²) in [6.07, 6.45) is 5.21. The van der Waals surface area contributed by atoms with Gasteiger partial charge in [0.15, 0.2) is 0 Å². The summed E-state index contributed by atoms with van der Waals surface area (Å²) in [7, 11) is 0. The number of aromatic nitrogens is 2. The Bertz CT molecular complexity index is 1150. The first-order valence-corrected chi connectivity index (χ1v) is 10.3. The Morgan fingerprint density at radius 3 is 2.63 bits per heavy atom. The molecule has 0 amide bonds. The monoisotopic (exact) mass is 406 g/mol. The first-order chi connectivity index (χ1) is 14.4. The maximum atomic E-state index is 12.8. The second kappa shape index (κ2) is 8.18. The van der Waals surface area contributed by atoms with Gasteiger partial charge in [0, 0.05) is 31.0 Å². The lowest BCUT2D eigenvalue weighted by molar-refractivity contribution is 0.0698. The number of anilines is 2. The number of pyridine rings is 1. The van der Waals surface area contributed by atoms with Gasteiger partial charge in [0.25, 0.3) is 0 Å². The Morgan fingerprint density at radius 1 is 1.17 bits per heavy atom. The minimum Gasteiger partial charge on any atom is -0.478 e. The summed E-state index contributed by atoms with van der Waals surface area (Å²) in [6.45, 7) is 5.72. The van der Waals surface area contributed by atoms with Crippen LogP contribution in [0, 0.1) is 6.92 Å². The van der Waals surface area contributed by atoms with Crippen molar-refractivity contribution in [2.45, 2.75) is 39.2 Å². The van der Waals surface area contributed by atoms with Crippen molar-refractivity contribution in [1.82, 2.24) is 9.38 Å². The number of aromatic carboxylic acids is 1. The lowest BCUT2D eigenvalue weighted by atomic mass is 10.0. The number of piperidine rings is 1. The number of benzene rings is 1. The highest BCUT2D eigenvalue weighted by atomic mass is 16.4. The zero-order chi connectivity index (χ0) is 21.3. The lowest BCUT2D eigenvalue weighted by Crippen LogP contribution is -2.32. The van der Waals surface area contributed by atoms with Crippen LogP contribution >= 0.6 is 0 Å². The maximum Gasteiger partial charge on any atom is 0.354 e. The van der Waals surface area contributed by atoms with Gasteiger partial charge in [0.2, 0.25) is 0 Å². The van der Waals surface area contributed by atoms with Gasteiger partial charge in [-0.05, 0) is 56.4 Å². The van der Waals surface area contributed by atoms with Gasteiger partial charge in [-0.1, -0.05) is 18.2 Å². The van der Waals surface area contributed by atoms with E-state index >= 15 is 0 Å². The fourth-order valence-electron chi connectivity index (χ4n) is 4.12. The fraction of sp³-hybridized carbons (Fsp3) is 0.348. The van der Waals surface area contributed by atoms with Crippen LogP contribution in [0.15, 0.2) is 47.4 Å². The molecule has 156 valence electrons. The molecule has 1 fully saturated rings. The van der Waals surface area contributed by atoms with Crippen molar-refractivity contribution < 1.29 is 9.90 Å². The van der Waals surface area contributed by atoms with E-state index in [-0.39, 0.29) is 17.3 Å². The quantitative estimate of drug-likeness (QED) is 0.669. The number of para-hydroxylation sites is 1. The molecule has 4 rings (SSSR count). The summed E-state index contributed by atoms with van der Waals surface area (Å²) in [5.74, 6) is -0.268. The molecule has 2 N–H and O–H groups in total. The van der Waals surface area contributed by atoms with Crippen LogP contribution in [0.25, 0.3) is 5.52 Å². The number of nitrogens with zero attached hydrogens (tertiary/aromatic N) is 3. The van der Waals surface area contributed by atoms with Crippen molar-refractivity contribution in [1.29, 1.82) is 0 Å². The van der Waals surface area contributed by atoms with Crippen molar-refractivity contribution in [2.24, 2.45) is 0 Å². The highest BCUT2D eigenvalue weighted by Crippen LogP contribution is 2.28. The second-order valence-electron chi connectivity index (χ2n) is 7.89. The number of carboxylic acid groups (broad SMARTS) is 1. The molecule has 1 aliphatic heterocycles. The highest BCUT2D eigenvalue weighted by molar-refractivity contribution is 5.94. The van der Waals surface area contributed by atoms with Crippen LogP contribution in [0.3, 0.4) is 0 Å². The minimum atomic E-state index is -0.979. The van der Waals surface area contributed by atoms with Gasteiger partial charge in [0.05, 0.1) is 17.1 Å². The van der Waals surface area contributed by atoms with Crippen LogP contribution < -0.4 is 15.9 Å². The molecule has 0 bridgehead atoms. The van der Waals surface area contributed by atoms with Crippen LogP contribution in [0.5, 0.6) is 0 Å². The molecule has 1 aliphatic rings. The Hall–Kier alpha value is -3.35. The summed E-state index contributed by atoms with van der Waals surface area (Å²) in [5, 5.41) is 12.8. The van der Waals surface area contributed by atoms with E-state index in [9.17, 15) is 14.7 Å². The first kappa shape index (κ1) is 19.9. The topological polar surface area (TPSA) is 86.9 Å². The predicted octanol–water partition coefficient (Wildman–Crippen LogP) is 3.86. The largest absolute Gasteiger partial charge is 0.478 e. The minimum absolute atomic E-state index is 0.212. The number of hydrogen-bond acceptors (Lipinski definition) is 5. The third-order valence-corrected chi connectivity index (χ3v) is 5.63. The number of rotatable bonds is 5. The summed E-state index contributed by atoms with van der Waals surface area (Å²) in [6, 6.07) is 10.6. The lowest BCUT2D eigenvalue weighted by Gasteiger charge is -2.28. The van der Waals surface area contributed by atoms with E-state index < -0.39 is 5.97 Å². The Labute approximate surface area is 175 Å². The van der Waals surface area contributed by atoms with Gasteiger partial charge in [-0.2, -0.15) is 4.98 Å². The summed E-state index contributed by atoms with van der Waals surface area (Å²) in [5.41, 5.74) is 3.12. The Balaban J connectivity index is 1.78. The van der Waals surface area contributed by atoms with Crippen LogP contribution in [0.4, 0.5) is 11.5 Å². The Kier molecular flexibility index (Phi) is 5.44. The second-order valence-corrected chi connectivity index (χ2v) is 7.89. The van der Waals surface area contributed by atoms with E-state index in [1.54, 1.807) is 34.9 Å². The van der Waals surface area contributed by atoms with Crippen LogP contribution in [-0.2, 0) is 0 Å². The molecule has 7 heteroatoms. The van der Waals surface area contributed by atoms with E-state index in [4.69, 9.17) is 0 Å². The number of nitrogens with one attached hydrogen (secondary N) is 1. The third-order valence-electron chi connectivity index (χ3n) is 5.63. The summed E-state index contributed by atoms with van der Waals surface area (Å²) >= 11 is 0. The average molecular weight is 406 g/mol. The molecule has 0 aliphatic carbocycles. The molecule has 0 spiro atoms. The van der Waals surface area contributed by atoms with Gasteiger partial charge in [-0.15, -0.1) is 0 Å². The summed E-state index contributed by atoms with van der Waals surface area (Å²) in [4.78, 5) is 30.9. The van der Waals surface area contributed by atoms with Gasteiger partial charge in [0.1, 0.15) is 5.82 Å². The molecule has 7 nitrogen and oxygen atoms in total. The molecule has 1 unspecified atom stereocenters. The van der Waals surface area contributed by atoms with Gasteiger partial charge in [-0.25, -0.2) is 9.59 Å². The van der Waals surface area contributed by atoms with Crippen LogP contribution in [-0.4, -0.2) is 33.6 Å². The normalized spacial score (nSPS) is 15.2. The molecular weight excluding hydrogens is 380 g/mol. The summed E-state index contributed by atoms with van der Waals surface area (Å²) < 4.78 is 1.58. The highest BCUT2D eigenvalue weighted by Gasteiger charge is 2.19. The maximum absolute atomic E-state index is 12.8. The van der Waals surface area contributed by atoms with E-state index in [0.29, 0.717) is 11.5 Å². The molecular formula is C23H26N4O3. The van der Waals surface area contributed by atoms with E-state index in [0.717, 1.165) is 42.6 Å². The van der Waals surface area contributed by atoms with Crippen molar-refractivity contribution >= 4 is 23.0 Å². The average Bonchev–Trinajstić information content (AvgIpc) is 2.74. The van der Waals surface area contributed by atoms with Gasteiger partial charge < -0.3 is 15.3 Å². The zero-order valence-electron chi connectivity index (χ0n) is 17.3. The molecule has 0 saturated carbocycles. The van der Waals surface area contributed by atoms with Crippen LogP contribution in [0.2, 0.25) is 0 Å². The standard InChI is InChI=1S/C23H26N4O3/c1-15-12-18(16(2)24-19-9-5-4-8-17(19)22(28)29)20-13-21(25-23(30)27(20)14-15)26-10-6-3-7-11-26/h4-5,8-9,12-14,16,24H,3,6-7,10-11H2,1-2H3,(H,28,29). The van der Waals surface area contributed by atoms with E-state index in [1.807, 2.05) is 26.0 Å². The molecule has 2 aromatic heterocycles. The number of aryl methyl sites for hydroxylation is 1. The van der Waals surface area contributed by atoms with Crippen molar-refractivity contribution in [2.75, 3.05) is 23.3 Å². The van der Waals surface area contributed by atoms with Crippen LogP contribution in [0.1, 0.15) is 53.7 Å². The molecule has 0 radical (unpaired) electrons. The van der Waals surface area contributed by atoms with Crippen molar-refractivity contribution in [3.8, 4) is 0 Å². The first-order valence-electron chi connectivity index (χ1n) is 10.3. The number of carbonyl (C=O) groups is 1. The van der Waals surface area contributed by atoms with E-state index in [2.05, 4.69) is 15.2 Å². The molecule has 30 heavy (non-hydrogen) atoms. The molecule has 1 atom stereocenters. The SMILES string of the molecule is Cc1cc(C(C)Nc2ccccc2C(=O)O)c2cc(N3CCCCC3)nc(=O)n2c1. The van der Waals surface area contributed by atoms with Gasteiger partial charge in [-0.3, -0.25) is 4.40 Å². The Morgan fingerprint density at radius 2 is 1.90 bits per heavy atom. The molecule has 1 saturated heterocycles. The smallest absolute Gasteiger partial charge is 0.354 e. The van der Waals surface area contributed by atoms with Crippen molar-refractivity contribution in [3.05, 3.63) is 69.8 Å². The fourth-order valence-corrected chi connectivity index (χ4v) is 4.12. The number of fused-ring (bicyclic) bond motifs is 1. The molecule has 3 heterocycles. The third kappa shape index (κ3) is 3.87. The number of hydrogen-bond donors (Lipinski definition) is 2.